The first-order valence-corrected chi connectivity index (χ1v) is 9.84. The SMILES string of the molecule is C=CCn1c(SCc2csc(C)n2)nc2sc(C)c(C)c2c1=O. The molecule has 0 spiro atoms. The Morgan fingerprint density at radius 3 is 2.78 bits per heavy atom. The molecule has 0 saturated carbocycles. The predicted molar refractivity (Wildman–Crippen MR) is 100.0 cm³/mol. The van der Waals surface area contributed by atoms with E-state index in [-0.39, 0.29) is 5.56 Å². The maximum Gasteiger partial charge on any atom is 0.263 e. The lowest BCUT2D eigenvalue weighted by molar-refractivity contribution is 0.672. The highest BCUT2D eigenvalue weighted by atomic mass is 32.2. The summed E-state index contributed by atoms with van der Waals surface area (Å²) >= 11 is 4.77. The van der Waals surface area contributed by atoms with Crippen molar-refractivity contribution in [1.29, 1.82) is 0 Å². The van der Waals surface area contributed by atoms with Crippen molar-refractivity contribution in [3.8, 4) is 0 Å². The lowest BCUT2D eigenvalue weighted by Crippen LogP contribution is -2.22. The molecule has 0 aliphatic rings. The number of rotatable bonds is 5. The van der Waals surface area contributed by atoms with Gasteiger partial charge in [0.05, 0.1) is 16.1 Å². The van der Waals surface area contributed by atoms with E-state index in [0.717, 1.165) is 36.5 Å². The number of aromatic nitrogens is 3. The van der Waals surface area contributed by atoms with Crippen molar-refractivity contribution in [2.75, 3.05) is 0 Å². The van der Waals surface area contributed by atoms with Crippen molar-refractivity contribution in [3.05, 3.63) is 49.5 Å². The van der Waals surface area contributed by atoms with Crippen molar-refractivity contribution >= 4 is 44.7 Å². The summed E-state index contributed by atoms with van der Waals surface area (Å²) in [7, 11) is 0. The van der Waals surface area contributed by atoms with Crippen LogP contribution in [0.15, 0.2) is 28.0 Å². The zero-order chi connectivity index (χ0) is 16.6. The molecule has 120 valence electrons. The number of allylic oxidation sites excluding steroid dienone is 1. The van der Waals surface area contributed by atoms with Crippen LogP contribution < -0.4 is 5.56 Å². The van der Waals surface area contributed by atoms with Gasteiger partial charge in [-0.3, -0.25) is 9.36 Å². The van der Waals surface area contributed by atoms with Crippen molar-refractivity contribution in [1.82, 2.24) is 14.5 Å². The fourth-order valence-electron chi connectivity index (χ4n) is 2.32. The number of aryl methyl sites for hydroxylation is 3. The van der Waals surface area contributed by atoms with Gasteiger partial charge in [-0.1, -0.05) is 17.8 Å². The number of nitrogens with zero attached hydrogens (tertiary/aromatic N) is 3. The monoisotopic (exact) mass is 363 g/mol. The zero-order valence-electron chi connectivity index (χ0n) is 13.3. The first kappa shape index (κ1) is 16.4. The van der Waals surface area contributed by atoms with Crippen LogP contribution in [0.2, 0.25) is 0 Å². The number of fused-ring (bicyclic) bond motifs is 1. The molecule has 0 radical (unpaired) electrons. The van der Waals surface area contributed by atoms with E-state index in [4.69, 9.17) is 4.98 Å². The Morgan fingerprint density at radius 1 is 1.35 bits per heavy atom. The molecule has 0 N–H and O–H groups in total. The Kier molecular flexibility index (Phi) is 4.70. The summed E-state index contributed by atoms with van der Waals surface area (Å²) in [4.78, 5) is 24.0. The molecule has 4 nitrogen and oxygen atoms in total. The van der Waals surface area contributed by atoms with Gasteiger partial charge < -0.3 is 0 Å². The van der Waals surface area contributed by atoms with Gasteiger partial charge in [0.15, 0.2) is 5.16 Å². The smallest absolute Gasteiger partial charge is 0.263 e. The lowest BCUT2D eigenvalue weighted by atomic mass is 10.2. The predicted octanol–water partition coefficient (Wildman–Crippen LogP) is 4.32. The normalized spacial score (nSPS) is 11.3. The molecule has 3 rings (SSSR count). The molecule has 0 aliphatic heterocycles. The van der Waals surface area contributed by atoms with Gasteiger partial charge in [-0.15, -0.1) is 29.3 Å². The Labute approximate surface area is 146 Å². The minimum atomic E-state index is 0.0220. The third-order valence-corrected chi connectivity index (χ3v) is 6.51. The van der Waals surface area contributed by atoms with Crippen molar-refractivity contribution in [3.63, 3.8) is 0 Å². The maximum absolute atomic E-state index is 12.8. The molecule has 23 heavy (non-hydrogen) atoms. The van der Waals surface area contributed by atoms with E-state index < -0.39 is 0 Å². The van der Waals surface area contributed by atoms with Crippen LogP contribution in [0.3, 0.4) is 0 Å². The summed E-state index contributed by atoms with van der Waals surface area (Å²) < 4.78 is 1.71. The summed E-state index contributed by atoms with van der Waals surface area (Å²) in [6.07, 6.45) is 1.74. The van der Waals surface area contributed by atoms with Gasteiger partial charge in [-0.25, -0.2) is 9.97 Å². The molecule has 0 fully saturated rings. The standard InChI is InChI=1S/C16H17N3OS3/c1-5-6-19-15(20)13-9(2)10(3)23-14(13)18-16(19)22-8-12-7-21-11(4)17-12/h5,7H,1,6,8H2,2-4H3. The molecule has 3 aromatic rings. The number of thioether (sulfide) groups is 1. The summed E-state index contributed by atoms with van der Waals surface area (Å²) in [6, 6.07) is 0. The van der Waals surface area contributed by atoms with Crippen LogP contribution in [0.4, 0.5) is 0 Å². The van der Waals surface area contributed by atoms with Gasteiger partial charge in [0, 0.05) is 22.6 Å². The van der Waals surface area contributed by atoms with Gasteiger partial charge in [-0.2, -0.15) is 0 Å². The quantitative estimate of drug-likeness (QED) is 0.385. The van der Waals surface area contributed by atoms with Crippen LogP contribution >= 0.6 is 34.4 Å². The molecule has 3 aromatic heterocycles. The summed E-state index contributed by atoms with van der Waals surface area (Å²) in [5.41, 5.74) is 2.08. The fraction of sp³-hybridized carbons (Fsp3) is 0.312. The molecule has 0 bridgehead atoms. The average molecular weight is 364 g/mol. The summed E-state index contributed by atoms with van der Waals surface area (Å²) in [6.45, 7) is 10.2. The van der Waals surface area contributed by atoms with Crippen LogP contribution in [-0.4, -0.2) is 14.5 Å². The molecular weight excluding hydrogens is 346 g/mol. The van der Waals surface area contributed by atoms with Crippen LogP contribution in [-0.2, 0) is 12.3 Å². The second-order valence-corrected chi connectivity index (χ2v) is 8.42. The van der Waals surface area contributed by atoms with Gasteiger partial charge in [0.2, 0.25) is 0 Å². The lowest BCUT2D eigenvalue weighted by Gasteiger charge is -2.09. The maximum atomic E-state index is 12.8. The highest BCUT2D eigenvalue weighted by Gasteiger charge is 2.16. The third kappa shape index (κ3) is 3.13. The van der Waals surface area contributed by atoms with Gasteiger partial charge in [0.1, 0.15) is 4.83 Å². The largest absolute Gasteiger partial charge is 0.283 e. The number of hydrogen-bond donors (Lipinski definition) is 0. The Balaban J connectivity index is 2.05. The van der Waals surface area contributed by atoms with Crippen molar-refractivity contribution < 1.29 is 0 Å². The molecule has 0 saturated heterocycles. The van der Waals surface area contributed by atoms with Crippen LogP contribution in [0.5, 0.6) is 0 Å². The third-order valence-electron chi connectivity index (χ3n) is 3.58. The molecule has 3 heterocycles. The highest BCUT2D eigenvalue weighted by molar-refractivity contribution is 7.98. The van der Waals surface area contributed by atoms with E-state index >= 15 is 0 Å². The Bertz CT molecular complexity index is 936. The van der Waals surface area contributed by atoms with Gasteiger partial charge >= 0.3 is 0 Å². The number of thiazole rings is 1. The van der Waals surface area contributed by atoms with Crippen LogP contribution in [0, 0.1) is 20.8 Å². The number of thiophene rings is 1. The minimum Gasteiger partial charge on any atom is -0.283 e. The number of hydrogen-bond acceptors (Lipinski definition) is 6. The van der Waals surface area contributed by atoms with E-state index in [0.29, 0.717) is 12.3 Å². The van der Waals surface area contributed by atoms with E-state index in [9.17, 15) is 4.79 Å². The highest BCUT2D eigenvalue weighted by Crippen LogP contribution is 2.29. The first-order chi connectivity index (χ1) is 11.0. The second kappa shape index (κ2) is 6.59. The molecule has 0 amide bonds. The summed E-state index contributed by atoms with van der Waals surface area (Å²) in [5, 5.41) is 4.57. The van der Waals surface area contributed by atoms with Crippen molar-refractivity contribution in [2.24, 2.45) is 0 Å². The van der Waals surface area contributed by atoms with Crippen LogP contribution in [0.25, 0.3) is 10.2 Å². The van der Waals surface area contributed by atoms with Crippen molar-refractivity contribution in [2.45, 2.75) is 38.2 Å². The summed E-state index contributed by atoms with van der Waals surface area (Å²) in [5.74, 6) is 0.711. The zero-order valence-corrected chi connectivity index (χ0v) is 15.7. The molecule has 7 heteroatoms. The average Bonchev–Trinajstić information content (AvgIpc) is 3.04. The van der Waals surface area contributed by atoms with E-state index in [2.05, 4.69) is 16.9 Å². The molecule has 0 unspecified atom stereocenters. The Hall–Kier alpha value is -1.44. The van der Waals surface area contributed by atoms with E-state index in [1.54, 1.807) is 45.1 Å². The fourth-order valence-corrected chi connectivity index (χ4v) is 5.01. The van der Waals surface area contributed by atoms with Gasteiger partial charge in [0.25, 0.3) is 5.56 Å². The van der Waals surface area contributed by atoms with Crippen LogP contribution in [0.1, 0.15) is 21.1 Å². The molecule has 0 aliphatic carbocycles. The molecular formula is C16H17N3OS3. The topological polar surface area (TPSA) is 47.8 Å². The minimum absolute atomic E-state index is 0.0220. The molecule has 0 atom stereocenters. The van der Waals surface area contributed by atoms with Gasteiger partial charge in [-0.05, 0) is 26.3 Å². The molecule has 0 aromatic carbocycles. The Morgan fingerprint density at radius 2 is 2.13 bits per heavy atom. The van der Waals surface area contributed by atoms with E-state index in [1.807, 2.05) is 20.8 Å². The first-order valence-electron chi connectivity index (χ1n) is 7.16. The van der Waals surface area contributed by atoms with E-state index in [1.165, 1.54) is 0 Å². The second-order valence-electron chi connectivity index (χ2n) is 5.21.